The molecule has 0 unspecified atom stereocenters. The van der Waals surface area contributed by atoms with Crippen molar-refractivity contribution in [2.45, 2.75) is 26.3 Å². The second kappa shape index (κ2) is 4.57. The third-order valence-corrected chi connectivity index (χ3v) is 2.98. The molecule has 1 heterocycles. The van der Waals surface area contributed by atoms with Gasteiger partial charge in [-0.1, -0.05) is 6.92 Å². The molecule has 2 rings (SSSR count). The first-order valence-electron chi connectivity index (χ1n) is 5.83. The average molecular weight is 231 g/mol. The molecule has 0 aliphatic heterocycles. The van der Waals surface area contributed by atoms with Gasteiger partial charge in [0.25, 0.3) is 5.91 Å². The molecule has 0 spiro atoms. The number of amides is 1. The van der Waals surface area contributed by atoms with Crippen LogP contribution in [0, 0.1) is 0 Å². The first-order chi connectivity index (χ1) is 8.11. The molecule has 4 nitrogen and oxygen atoms in total. The fraction of sp³-hybridized carbons (Fsp3) is 0.385. The largest absolute Gasteiger partial charge is 0.350 e. The van der Waals surface area contributed by atoms with Crippen LogP contribution in [0.15, 0.2) is 24.5 Å². The molecular formula is C13H17N3O. The van der Waals surface area contributed by atoms with Crippen molar-refractivity contribution in [3.05, 3.63) is 30.1 Å². The number of fused-ring (bicyclic) bond motifs is 1. The Hall–Kier alpha value is -1.84. The number of imidazole rings is 1. The van der Waals surface area contributed by atoms with Gasteiger partial charge in [-0.25, -0.2) is 4.98 Å². The molecule has 0 saturated carbocycles. The zero-order chi connectivity index (χ0) is 12.4. The van der Waals surface area contributed by atoms with Crippen molar-refractivity contribution in [1.82, 2.24) is 14.9 Å². The highest BCUT2D eigenvalue weighted by atomic mass is 16.1. The molecule has 0 bridgehead atoms. The van der Waals surface area contributed by atoms with Gasteiger partial charge in [0, 0.05) is 18.7 Å². The molecule has 1 aromatic heterocycles. The predicted molar refractivity (Wildman–Crippen MR) is 67.9 cm³/mol. The number of rotatable bonds is 3. The molecule has 0 radical (unpaired) electrons. The molecule has 0 fully saturated rings. The summed E-state index contributed by atoms with van der Waals surface area (Å²) in [5, 5.41) is 2.94. The number of benzene rings is 1. The van der Waals surface area contributed by atoms with E-state index in [4.69, 9.17) is 0 Å². The Morgan fingerprint density at radius 2 is 2.29 bits per heavy atom. The second-order valence-corrected chi connectivity index (χ2v) is 4.34. The van der Waals surface area contributed by atoms with Crippen LogP contribution in [0.1, 0.15) is 30.6 Å². The standard InChI is InChI=1S/C13H17N3O/c1-4-9(2)15-13(17)10-5-6-12-11(7-10)14-8-16(12)3/h5-9H,4H2,1-3H3,(H,15,17)/t9-/m0/s1. The van der Waals surface area contributed by atoms with Crippen molar-refractivity contribution in [2.24, 2.45) is 7.05 Å². The molecule has 0 aliphatic carbocycles. The summed E-state index contributed by atoms with van der Waals surface area (Å²) in [7, 11) is 1.94. The van der Waals surface area contributed by atoms with E-state index >= 15 is 0 Å². The maximum atomic E-state index is 11.9. The summed E-state index contributed by atoms with van der Waals surface area (Å²) in [6.45, 7) is 4.05. The van der Waals surface area contributed by atoms with Gasteiger partial charge in [0.2, 0.25) is 0 Å². The minimum atomic E-state index is -0.0353. The molecule has 0 aliphatic rings. The minimum Gasteiger partial charge on any atom is -0.350 e. The van der Waals surface area contributed by atoms with Crippen LogP contribution in [-0.4, -0.2) is 21.5 Å². The van der Waals surface area contributed by atoms with Gasteiger partial charge < -0.3 is 9.88 Å². The number of aromatic nitrogens is 2. The summed E-state index contributed by atoms with van der Waals surface area (Å²) < 4.78 is 1.94. The number of nitrogens with zero attached hydrogens (tertiary/aromatic N) is 2. The van der Waals surface area contributed by atoms with Gasteiger partial charge in [0.1, 0.15) is 0 Å². The van der Waals surface area contributed by atoms with E-state index in [1.165, 1.54) is 0 Å². The van der Waals surface area contributed by atoms with Crippen LogP contribution in [0.2, 0.25) is 0 Å². The quantitative estimate of drug-likeness (QED) is 0.879. The van der Waals surface area contributed by atoms with E-state index in [2.05, 4.69) is 10.3 Å². The second-order valence-electron chi connectivity index (χ2n) is 4.34. The zero-order valence-corrected chi connectivity index (χ0v) is 10.4. The number of carbonyl (C=O) groups excluding carboxylic acids is 1. The van der Waals surface area contributed by atoms with Crippen LogP contribution < -0.4 is 5.32 Å². The average Bonchev–Trinajstić information content (AvgIpc) is 2.70. The summed E-state index contributed by atoms with van der Waals surface area (Å²) in [5.41, 5.74) is 2.55. The Bertz CT molecular complexity index is 545. The van der Waals surface area contributed by atoms with E-state index in [1.807, 2.05) is 43.7 Å². The van der Waals surface area contributed by atoms with Gasteiger partial charge in [-0.05, 0) is 31.5 Å². The molecule has 90 valence electrons. The SMILES string of the molecule is CC[C@H](C)NC(=O)c1ccc2c(c1)ncn2C. The first kappa shape index (κ1) is 11.6. The van der Waals surface area contributed by atoms with Crippen LogP contribution in [0.3, 0.4) is 0 Å². The van der Waals surface area contributed by atoms with Crippen molar-refractivity contribution in [3.8, 4) is 0 Å². The summed E-state index contributed by atoms with van der Waals surface area (Å²) in [4.78, 5) is 16.2. The molecule has 1 atom stereocenters. The topological polar surface area (TPSA) is 46.9 Å². The van der Waals surface area contributed by atoms with Crippen molar-refractivity contribution >= 4 is 16.9 Å². The molecule has 17 heavy (non-hydrogen) atoms. The molecule has 0 saturated heterocycles. The predicted octanol–water partition coefficient (Wildman–Crippen LogP) is 2.10. The lowest BCUT2D eigenvalue weighted by molar-refractivity contribution is 0.0939. The molecule has 1 amide bonds. The fourth-order valence-corrected chi connectivity index (χ4v) is 1.69. The highest BCUT2D eigenvalue weighted by Gasteiger charge is 2.10. The van der Waals surface area contributed by atoms with Crippen molar-refractivity contribution < 1.29 is 4.79 Å². The lowest BCUT2D eigenvalue weighted by atomic mass is 10.1. The van der Waals surface area contributed by atoms with E-state index in [0.29, 0.717) is 5.56 Å². The Labute approximate surface area is 101 Å². The van der Waals surface area contributed by atoms with Crippen LogP contribution in [0.4, 0.5) is 0 Å². The van der Waals surface area contributed by atoms with Gasteiger partial charge in [-0.2, -0.15) is 0 Å². The number of hydrogen-bond donors (Lipinski definition) is 1. The van der Waals surface area contributed by atoms with Gasteiger partial charge >= 0.3 is 0 Å². The summed E-state index contributed by atoms with van der Waals surface area (Å²) in [6, 6.07) is 5.78. The van der Waals surface area contributed by atoms with Gasteiger partial charge in [-0.15, -0.1) is 0 Å². The number of hydrogen-bond acceptors (Lipinski definition) is 2. The summed E-state index contributed by atoms with van der Waals surface area (Å²) >= 11 is 0. The van der Waals surface area contributed by atoms with Crippen molar-refractivity contribution in [2.75, 3.05) is 0 Å². The summed E-state index contributed by atoms with van der Waals surface area (Å²) in [5.74, 6) is -0.0353. The monoisotopic (exact) mass is 231 g/mol. The molecule has 4 heteroatoms. The van der Waals surface area contributed by atoms with Crippen LogP contribution >= 0.6 is 0 Å². The normalized spacial score (nSPS) is 12.6. The van der Waals surface area contributed by atoms with Crippen LogP contribution in [-0.2, 0) is 7.05 Å². The van der Waals surface area contributed by atoms with Crippen molar-refractivity contribution in [1.29, 1.82) is 0 Å². The number of aryl methyl sites for hydroxylation is 1. The molecule has 1 N–H and O–H groups in total. The molecular weight excluding hydrogens is 214 g/mol. The zero-order valence-electron chi connectivity index (χ0n) is 10.4. The Kier molecular flexibility index (Phi) is 3.13. The van der Waals surface area contributed by atoms with E-state index in [-0.39, 0.29) is 11.9 Å². The van der Waals surface area contributed by atoms with Crippen LogP contribution in [0.5, 0.6) is 0 Å². The van der Waals surface area contributed by atoms with Crippen molar-refractivity contribution in [3.63, 3.8) is 0 Å². The fourth-order valence-electron chi connectivity index (χ4n) is 1.69. The number of nitrogens with one attached hydrogen (secondary N) is 1. The third kappa shape index (κ3) is 2.30. The van der Waals surface area contributed by atoms with Gasteiger partial charge in [-0.3, -0.25) is 4.79 Å². The lowest BCUT2D eigenvalue weighted by Crippen LogP contribution is -2.31. The smallest absolute Gasteiger partial charge is 0.251 e. The summed E-state index contributed by atoms with van der Waals surface area (Å²) in [6.07, 6.45) is 2.68. The first-order valence-corrected chi connectivity index (χ1v) is 5.83. The van der Waals surface area contributed by atoms with E-state index in [1.54, 1.807) is 6.33 Å². The van der Waals surface area contributed by atoms with Crippen LogP contribution in [0.25, 0.3) is 11.0 Å². The Morgan fingerprint density at radius 1 is 1.53 bits per heavy atom. The van der Waals surface area contributed by atoms with E-state index in [0.717, 1.165) is 17.5 Å². The molecule has 2 aromatic rings. The van der Waals surface area contributed by atoms with E-state index < -0.39 is 0 Å². The Morgan fingerprint density at radius 3 is 3.00 bits per heavy atom. The maximum absolute atomic E-state index is 11.9. The van der Waals surface area contributed by atoms with Gasteiger partial charge in [0.05, 0.1) is 17.4 Å². The highest BCUT2D eigenvalue weighted by Crippen LogP contribution is 2.13. The highest BCUT2D eigenvalue weighted by molar-refractivity contribution is 5.97. The van der Waals surface area contributed by atoms with Gasteiger partial charge in [0.15, 0.2) is 0 Å². The minimum absolute atomic E-state index is 0.0353. The number of carbonyl (C=O) groups is 1. The lowest BCUT2D eigenvalue weighted by Gasteiger charge is -2.11. The molecule has 1 aromatic carbocycles. The van der Waals surface area contributed by atoms with E-state index in [9.17, 15) is 4.79 Å². The maximum Gasteiger partial charge on any atom is 0.251 e. The third-order valence-electron chi connectivity index (χ3n) is 2.98. The Balaban J connectivity index is 2.27.